The molecule has 0 aliphatic carbocycles. The van der Waals surface area contributed by atoms with E-state index in [-0.39, 0.29) is 5.54 Å². The monoisotopic (exact) mass is 338 g/mol. The molecule has 1 aliphatic rings. The molecule has 1 aliphatic heterocycles. The third-order valence-electron chi connectivity index (χ3n) is 5.29. The summed E-state index contributed by atoms with van der Waals surface area (Å²) in [4.78, 5) is 1.29. The molecule has 3 heteroatoms. The van der Waals surface area contributed by atoms with Crippen molar-refractivity contribution >= 4 is 34.4 Å². The topological polar surface area (TPSA) is 24.1 Å². The molecule has 0 saturated carbocycles. The summed E-state index contributed by atoms with van der Waals surface area (Å²) in [6.07, 6.45) is 3.22. The van der Waals surface area contributed by atoms with Gasteiger partial charge in [-0.25, -0.2) is 0 Å². The Balaban J connectivity index is 2.09. The standard InChI is InChI=1S/C21H26N2S/c1-6-21(4)15(3)14(2)18-12-17(13-19(24-5)20(18)23-21)22-16-10-8-7-9-11-16/h7-13,22-23H,6H2,1-5H3. The fraction of sp³-hybridized carbons (Fsp3) is 0.333. The van der Waals surface area contributed by atoms with Crippen LogP contribution >= 0.6 is 11.8 Å². The van der Waals surface area contributed by atoms with E-state index in [0.717, 1.165) is 17.8 Å². The number of thioether (sulfide) groups is 1. The van der Waals surface area contributed by atoms with Gasteiger partial charge in [0.1, 0.15) is 0 Å². The van der Waals surface area contributed by atoms with Gasteiger partial charge >= 0.3 is 0 Å². The quantitative estimate of drug-likeness (QED) is 0.619. The lowest BCUT2D eigenvalue weighted by Crippen LogP contribution is -2.38. The zero-order valence-corrected chi connectivity index (χ0v) is 16.0. The number of hydrogen-bond acceptors (Lipinski definition) is 3. The van der Waals surface area contributed by atoms with Gasteiger partial charge in [0, 0.05) is 21.8 Å². The van der Waals surface area contributed by atoms with Crippen LogP contribution in [0.25, 0.3) is 5.57 Å². The van der Waals surface area contributed by atoms with Crippen LogP contribution in [0.15, 0.2) is 52.9 Å². The van der Waals surface area contributed by atoms with Crippen molar-refractivity contribution in [2.75, 3.05) is 16.9 Å². The van der Waals surface area contributed by atoms with Crippen molar-refractivity contribution in [1.82, 2.24) is 0 Å². The zero-order chi connectivity index (χ0) is 17.3. The molecule has 0 amide bonds. The Morgan fingerprint density at radius 1 is 1.08 bits per heavy atom. The highest BCUT2D eigenvalue weighted by Gasteiger charge is 2.32. The fourth-order valence-corrected chi connectivity index (χ4v) is 3.91. The van der Waals surface area contributed by atoms with Gasteiger partial charge in [0.2, 0.25) is 0 Å². The van der Waals surface area contributed by atoms with Crippen molar-refractivity contribution in [3.63, 3.8) is 0 Å². The van der Waals surface area contributed by atoms with Crippen LogP contribution in [0.2, 0.25) is 0 Å². The molecule has 0 bridgehead atoms. The normalized spacial score (nSPS) is 19.7. The minimum atomic E-state index is 0.0376. The van der Waals surface area contributed by atoms with Gasteiger partial charge in [0.15, 0.2) is 0 Å². The van der Waals surface area contributed by atoms with Crippen LogP contribution in [0.4, 0.5) is 17.1 Å². The van der Waals surface area contributed by atoms with E-state index >= 15 is 0 Å². The van der Waals surface area contributed by atoms with Crippen molar-refractivity contribution in [3.8, 4) is 0 Å². The number of para-hydroxylation sites is 1. The summed E-state index contributed by atoms with van der Waals surface area (Å²) in [7, 11) is 0. The Morgan fingerprint density at radius 2 is 1.79 bits per heavy atom. The molecule has 3 rings (SSSR count). The molecule has 0 aromatic heterocycles. The predicted molar refractivity (Wildman–Crippen MR) is 109 cm³/mol. The molecular weight excluding hydrogens is 312 g/mol. The van der Waals surface area contributed by atoms with Crippen LogP contribution in [0.3, 0.4) is 0 Å². The van der Waals surface area contributed by atoms with Gasteiger partial charge in [-0.2, -0.15) is 0 Å². The van der Waals surface area contributed by atoms with Crippen molar-refractivity contribution in [3.05, 3.63) is 53.6 Å². The summed E-state index contributed by atoms with van der Waals surface area (Å²) in [5, 5.41) is 7.34. The summed E-state index contributed by atoms with van der Waals surface area (Å²) < 4.78 is 0. The van der Waals surface area contributed by atoms with Crippen LogP contribution in [-0.2, 0) is 0 Å². The highest BCUT2D eigenvalue weighted by atomic mass is 32.2. The lowest BCUT2D eigenvalue weighted by atomic mass is 9.81. The van der Waals surface area contributed by atoms with Crippen LogP contribution < -0.4 is 10.6 Å². The molecule has 1 heterocycles. The average molecular weight is 339 g/mol. The number of fused-ring (bicyclic) bond motifs is 1. The van der Waals surface area contributed by atoms with Gasteiger partial charge in [0.05, 0.1) is 11.2 Å². The van der Waals surface area contributed by atoms with Gasteiger partial charge in [-0.15, -0.1) is 11.8 Å². The van der Waals surface area contributed by atoms with E-state index in [2.05, 4.69) is 81.0 Å². The first-order valence-corrected chi connectivity index (χ1v) is 9.71. The van der Waals surface area contributed by atoms with E-state index in [1.165, 1.54) is 27.3 Å². The predicted octanol–water partition coefficient (Wildman–Crippen LogP) is 6.54. The second kappa shape index (κ2) is 6.56. The van der Waals surface area contributed by atoms with Crippen molar-refractivity contribution in [2.24, 2.45) is 0 Å². The third kappa shape index (κ3) is 2.93. The van der Waals surface area contributed by atoms with E-state index < -0.39 is 0 Å². The number of anilines is 3. The second-order valence-corrected chi connectivity index (χ2v) is 7.50. The minimum Gasteiger partial charge on any atom is -0.375 e. The van der Waals surface area contributed by atoms with Crippen molar-refractivity contribution in [2.45, 2.75) is 44.6 Å². The molecule has 2 N–H and O–H groups in total. The van der Waals surface area contributed by atoms with Crippen molar-refractivity contribution < 1.29 is 0 Å². The Hall–Kier alpha value is -1.87. The second-order valence-electron chi connectivity index (χ2n) is 6.65. The molecule has 1 atom stereocenters. The van der Waals surface area contributed by atoms with Gasteiger partial charge in [-0.3, -0.25) is 0 Å². The largest absolute Gasteiger partial charge is 0.375 e. The number of rotatable bonds is 4. The lowest BCUT2D eigenvalue weighted by molar-refractivity contribution is 0.571. The molecular formula is C21H26N2S. The summed E-state index contributed by atoms with van der Waals surface area (Å²) in [5.41, 5.74) is 7.69. The van der Waals surface area contributed by atoms with Crippen LogP contribution in [0.5, 0.6) is 0 Å². The average Bonchev–Trinajstić information content (AvgIpc) is 2.61. The molecule has 0 radical (unpaired) electrons. The first-order valence-electron chi connectivity index (χ1n) is 8.49. The van der Waals surface area contributed by atoms with Gasteiger partial charge in [-0.1, -0.05) is 25.1 Å². The number of allylic oxidation sites excluding steroid dienone is 1. The first-order chi connectivity index (χ1) is 11.5. The van der Waals surface area contributed by atoms with E-state index in [0.29, 0.717) is 0 Å². The van der Waals surface area contributed by atoms with E-state index in [1.54, 1.807) is 11.8 Å². The van der Waals surface area contributed by atoms with Crippen LogP contribution in [0, 0.1) is 0 Å². The van der Waals surface area contributed by atoms with Gasteiger partial charge in [-0.05, 0) is 68.9 Å². The molecule has 2 nitrogen and oxygen atoms in total. The van der Waals surface area contributed by atoms with Gasteiger partial charge in [0.25, 0.3) is 0 Å². The summed E-state index contributed by atoms with van der Waals surface area (Å²) in [6, 6.07) is 14.9. The maximum absolute atomic E-state index is 3.81. The summed E-state index contributed by atoms with van der Waals surface area (Å²) >= 11 is 1.80. The molecule has 2 aromatic rings. The third-order valence-corrected chi connectivity index (χ3v) is 6.05. The highest BCUT2D eigenvalue weighted by Crippen LogP contribution is 2.45. The molecule has 0 spiro atoms. The zero-order valence-electron chi connectivity index (χ0n) is 15.2. The maximum Gasteiger partial charge on any atom is 0.0562 e. The summed E-state index contributed by atoms with van der Waals surface area (Å²) in [5.74, 6) is 0. The smallest absolute Gasteiger partial charge is 0.0562 e. The summed E-state index contributed by atoms with van der Waals surface area (Å²) in [6.45, 7) is 9.05. The maximum atomic E-state index is 3.81. The number of nitrogens with one attached hydrogen (secondary N) is 2. The Morgan fingerprint density at radius 3 is 2.42 bits per heavy atom. The Labute approximate surface area is 149 Å². The minimum absolute atomic E-state index is 0.0376. The SMILES string of the molecule is CCC1(C)Nc2c(SC)cc(Nc3ccccc3)cc2C(C)=C1C. The molecule has 126 valence electrons. The van der Waals surface area contributed by atoms with Gasteiger partial charge < -0.3 is 10.6 Å². The van der Waals surface area contributed by atoms with E-state index in [4.69, 9.17) is 0 Å². The van der Waals surface area contributed by atoms with E-state index in [1.807, 2.05) is 6.07 Å². The first kappa shape index (κ1) is 17.0. The number of hydrogen-bond donors (Lipinski definition) is 2. The number of benzene rings is 2. The Kier molecular flexibility index (Phi) is 4.64. The molecule has 24 heavy (non-hydrogen) atoms. The molecule has 1 unspecified atom stereocenters. The Bertz CT molecular complexity index is 780. The van der Waals surface area contributed by atoms with Crippen LogP contribution in [-0.4, -0.2) is 11.8 Å². The molecule has 0 saturated heterocycles. The van der Waals surface area contributed by atoms with Crippen molar-refractivity contribution in [1.29, 1.82) is 0 Å². The highest BCUT2D eigenvalue weighted by molar-refractivity contribution is 7.98. The lowest BCUT2D eigenvalue weighted by Gasteiger charge is -2.39. The van der Waals surface area contributed by atoms with Crippen LogP contribution in [0.1, 0.15) is 39.7 Å². The fourth-order valence-electron chi connectivity index (χ4n) is 3.30. The van der Waals surface area contributed by atoms with E-state index in [9.17, 15) is 0 Å². The molecule has 0 fully saturated rings. The molecule has 2 aromatic carbocycles.